The molecule has 0 aliphatic carbocycles. The predicted octanol–water partition coefficient (Wildman–Crippen LogP) is 4.51. The first kappa shape index (κ1) is 14.8. The zero-order chi connectivity index (χ0) is 14.9. The number of benzene rings is 2. The minimum absolute atomic E-state index is 0.226. The SMILES string of the molecule is CC(c1ccccc1F)N(C)c1cc(Br)c(F)cc1N. The number of hydrogen-bond acceptors (Lipinski definition) is 2. The molecule has 0 spiro atoms. The summed E-state index contributed by atoms with van der Waals surface area (Å²) >= 11 is 3.14. The van der Waals surface area contributed by atoms with E-state index in [1.165, 1.54) is 12.1 Å². The fourth-order valence-corrected chi connectivity index (χ4v) is 2.42. The summed E-state index contributed by atoms with van der Waals surface area (Å²) in [5.74, 6) is -0.690. The highest BCUT2D eigenvalue weighted by molar-refractivity contribution is 9.10. The van der Waals surface area contributed by atoms with Crippen molar-refractivity contribution in [3.05, 3.63) is 58.1 Å². The molecule has 0 fully saturated rings. The lowest BCUT2D eigenvalue weighted by molar-refractivity contribution is 0.585. The number of anilines is 2. The van der Waals surface area contributed by atoms with Gasteiger partial charge in [0.15, 0.2) is 0 Å². The van der Waals surface area contributed by atoms with Crippen LogP contribution in [0.3, 0.4) is 0 Å². The molecule has 2 aromatic rings. The molecule has 0 aliphatic heterocycles. The number of nitrogens with zero attached hydrogens (tertiary/aromatic N) is 1. The molecular weight excluding hydrogens is 326 g/mol. The van der Waals surface area contributed by atoms with Gasteiger partial charge in [0.2, 0.25) is 0 Å². The van der Waals surface area contributed by atoms with Crippen molar-refractivity contribution in [2.75, 3.05) is 17.7 Å². The quantitative estimate of drug-likeness (QED) is 0.833. The first-order valence-corrected chi connectivity index (χ1v) is 6.93. The molecule has 0 aliphatic rings. The van der Waals surface area contributed by atoms with Gasteiger partial charge in [-0.15, -0.1) is 0 Å². The highest BCUT2D eigenvalue weighted by Crippen LogP contribution is 2.34. The average molecular weight is 341 g/mol. The number of hydrogen-bond donors (Lipinski definition) is 1. The third-order valence-corrected chi connectivity index (χ3v) is 3.99. The second-order valence-corrected chi connectivity index (χ2v) is 5.49. The maximum atomic E-state index is 13.8. The molecule has 20 heavy (non-hydrogen) atoms. The Morgan fingerprint density at radius 1 is 1.15 bits per heavy atom. The van der Waals surface area contributed by atoms with Gasteiger partial charge in [0, 0.05) is 18.7 Å². The van der Waals surface area contributed by atoms with Crippen LogP contribution in [0, 0.1) is 11.6 Å². The van der Waals surface area contributed by atoms with Gasteiger partial charge in [-0.1, -0.05) is 18.2 Å². The summed E-state index contributed by atoms with van der Waals surface area (Å²) in [6.45, 7) is 1.87. The van der Waals surface area contributed by atoms with E-state index in [9.17, 15) is 8.78 Å². The van der Waals surface area contributed by atoms with Crippen LogP contribution in [0.2, 0.25) is 0 Å². The fourth-order valence-electron chi connectivity index (χ4n) is 2.09. The van der Waals surface area contributed by atoms with Crippen molar-refractivity contribution in [2.45, 2.75) is 13.0 Å². The topological polar surface area (TPSA) is 29.3 Å². The van der Waals surface area contributed by atoms with Crippen LogP contribution in [0.25, 0.3) is 0 Å². The lowest BCUT2D eigenvalue weighted by atomic mass is 10.1. The molecule has 1 atom stereocenters. The third kappa shape index (κ3) is 2.77. The second-order valence-electron chi connectivity index (χ2n) is 4.63. The molecule has 2 aromatic carbocycles. The lowest BCUT2D eigenvalue weighted by Gasteiger charge is -2.29. The molecule has 2 rings (SSSR count). The number of rotatable bonds is 3. The Morgan fingerprint density at radius 2 is 1.80 bits per heavy atom. The Kier molecular flexibility index (Phi) is 4.28. The summed E-state index contributed by atoms with van der Waals surface area (Å²) in [5.41, 5.74) is 7.38. The molecular formula is C15H15BrF2N2. The van der Waals surface area contributed by atoms with E-state index in [1.807, 2.05) is 11.8 Å². The highest BCUT2D eigenvalue weighted by atomic mass is 79.9. The summed E-state index contributed by atoms with van der Waals surface area (Å²) in [7, 11) is 1.80. The monoisotopic (exact) mass is 340 g/mol. The van der Waals surface area contributed by atoms with E-state index in [0.717, 1.165) is 0 Å². The Labute approximate surface area is 125 Å². The zero-order valence-corrected chi connectivity index (χ0v) is 12.8. The molecule has 0 saturated carbocycles. The van der Waals surface area contributed by atoms with Gasteiger partial charge in [-0.05, 0) is 35.0 Å². The van der Waals surface area contributed by atoms with Gasteiger partial charge in [-0.2, -0.15) is 0 Å². The van der Waals surface area contributed by atoms with Crippen LogP contribution >= 0.6 is 15.9 Å². The molecule has 106 valence electrons. The largest absolute Gasteiger partial charge is 0.397 e. The highest BCUT2D eigenvalue weighted by Gasteiger charge is 2.18. The van der Waals surface area contributed by atoms with Gasteiger partial charge < -0.3 is 10.6 Å². The third-order valence-electron chi connectivity index (χ3n) is 3.39. The zero-order valence-electron chi connectivity index (χ0n) is 11.2. The van der Waals surface area contributed by atoms with Crippen LogP contribution in [-0.4, -0.2) is 7.05 Å². The maximum Gasteiger partial charge on any atom is 0.139 e. The van der Waals surface area contributed by atoms with E-state index >= 15 is 0 Å². The lowest BCUT2D eigenvalue weighted by Crippen LogP contribution is -2.23. The Bertz CT molecular complexity index is 631. The van der Waals surface area contributed by atoms with Crippen molar-refractivity contribution in [1.82, 2.24) is 0 Å². The number of halogens is 3. The first-order valence-electron chi connectivity index (χ1n) is 6.13. The molecule has 0 heterocycles. The average Bonchev–Trinajstić information content (AvgIpc) is 2.42. The minimum atomic E-state index is -0.418. The summed E-state index contributed by atoms with van der Waals surface area (Å²) in [5, 5.41) is 0. The molecule has 0 saturated heterocycles. The van der Waals surface area contributed by atoms with Gasteiger partial charge >= 0.3 is 0 Å². The van der Waals surface area contributed by atoms with Crippen molar-refractivity contribution < 1.29 is 8.78 Å². The molecule has 2 N–H and O–H groups in total. The van der Waals surface area contributed by atoms with E-state index in [-0.39, 0.29) is 11.9 Å². The molecule has 2 nitrogen and oxygen atoms in total. The smallest absolute Gasteiger partial charge is 0.139 e. The number of nitrogens with two attached hydrogens (primary N) is 1. The molecule has 1 unspecified atom stereocenters. The van der Waals surface area contributed by atoms with Crippen LogP contribution in [0.15, 0.2) is 40.9 Å². The van der Waals surface area contributed by atoms with Crippen LogP contribution in [0.4, 0.5) is 20.2 Å². The van der Waals surface area contributed by atoms with Crippen molar-refractivity contribution in [3.63, 3.8) is 0 Å². The normalized spacial score (nSPS) is 12.2. The Hall–Kier alpha value is -1.62. The van der Waals surface area contributed by atoms with Crippen molar-refractivity contribution in [2.24, 2.45) is 0 Å². The first-order chi connectivity index (χ1) is 9.41. The summed E-state index contributed by atoms with van der Waals surface area (Å²) in [6, 6.07) is 9.21. The minimum Gasteiger partial charge on any atom is -0.397 e. The van der Waals surface area contributed by atoms with Gasteiger partial charge in [-0.25, -0.2) is 8.78 Å². The Balaban J connectivity index is 2.39. The van der Waals surface area contributed by atoms with Gasteiger partial charge in [-0.3, -0.25) is 0 Å². The summed E-state index contributed by atoms with van der Waals surface area (Å²) in [6.07, 6.45) is 0. The van der Waals surface area contributed by atoms with E-state index in [2.05, 4.69) is 15.9 Å². The molecule has 0 amide bonds. The van der Waals surface area contributed by atoms with Crippen LogP contribution in [0.5, 0.6) is 0 Å². The second kappa shape index (κ2) is 5.79. The maximum absolute atomic E-state index is 13.8. The van der Waals surface area contributed by atoms with Crippen molar-refractivity contribution in [1.29, 1.82) is 0 Å². The van der Waals surface area contributed by atoms with Gasteiger partial charge in [0.1, 0.15) is 11.6 Å². The number of nitrogen functional groups attached to an aromatic ring is 1. The van der Waals surface area contributed by atoms with E-state index < -0.39 is 5.82 Å². The van der Waals surface area contributed by atoms with E-state index in [0.29, 0.717) is 21.4 Å². The molecule has 0 radical (unpaired) electrons. The van der Waals surface area contributed by atoms with Crippen LogP contribution in [0.1, 0.15) is 18.5 Å². The van der Waals surface area contributed by atoms with Crippen molar-refractivity contribution in [3.8, 4) is 0 Å². The molecule has 5 heteroatoms. The molecule has 0 aromatic heterocycles. The van der Waals surface area contributed by atoms with E-state index in [1.54, 1.807) is 31.3 Å². The molecule has 0 bridgehead atoms. The van der Waals surface area contributed by atoms with Crippen LogP contribution in [-0.2, 0) is 0 Å². The van der Waals surface area contributed by atoms with Crippen molar-refractivity contribution >= 4 is 27.3 Å². The Morgan fingerprint density at radius 3 is 2.45 bits per heavy atom. The predicted molar refractivity (Wildman–Crippen MR) is 81.7 cm³/mol. The summed E-state index contributed by atoms with van der Waals surface area (Å²) < 4.78 is 27.6. The fraction of sp³-hybridized carbons (Fsp3) is 0.200. The van der Waals surface area contributed by atoms with E-state index in [4.69, 9.17) is 5.73 Å². The van der Waals surface area contributed by atoms with Gasteiger partial charge in [0.05, 0.1) is 21.9 Å². The summed E-state index contributed by atoms with van der Waals surface area (Å²) in [4.78, 5) is 1.82. The standard InChI is InChI=1S/C15H15BrF2N2/c1-9(10-5-3-4-6-12(10)17)20(2)15-7-11(16)13(18)8-14(15)19/h3-9H,19H2,1-2H3. The van der Waals surface area contributed by atoms with Crippen LogP contribution < -0.4 is 10.6 Å². The van der Waals surface area contributed by atoms with Gasteiger partial charge in [0.25, 0.3) is 0 Å².